The third-order valence-corrected chi connectivity index (χ3v) is 3.80. The molecule has 3 N–H and O–H groups in total. The maximum Gasteiger partial charge on any atom is 0.257 e. The Kier molecular flexibility index (Phi) is 4.53. The smallest absolute Gasteiger partial charge is 0.257 e. The van der Waals surface area contributed by atoms with Crippen LogP contribution in [0.25, 0.3) is 0 Å². The minimum atomic E-state index is -0.247. The lowest BCUT2D eigenvalue weighted by atomic mass is 10.1. The highest BCUT2D eigenvalue weighted by Crippen LogP contribution is 2.29. The van der Waals surface area contributed by atoms with Gasteiger partial charge in [0.1, 0.15) is 5.75 Å². The van der Waals surface area contributed by atoms with Crippen LogP contribution in [-0.2, 0) is 0 Å². The van der Waals surface area contributed by atoms with Crippen molar-refractivity contribution in [3.63, 3.8) is 0 Å². The maximum absolute atomic E-state index is 12.4. The number of amides is 1. The molecule has 0 aliphatic rings. The maximum atomic E-state index is 12.4. The highest BCUT2D eigenvalue weighted by molar-refractivity contribution is 9.10. The van der Waals surface area contributed by atoms with Crippen molar-refractivity contribution in [2.75, 3.05) is 18.2 Å². The molecule has 0 spiro atoms. The van der Waals surface area contributed by atoms with Crippen molar-refractivity contribution in [1.82, 2.24) is 0 Å². The van der Waals surface area contributed by atoms with Gasteiger partial charge in [-0.15, -0.1) is 0 Å². The summed E-state index contributed by atoms with van der Waals surface area (Å²) in [5.41, 5.74) is 9.57. The van der Waals surface area contributed by atoms with Crippen LogP contribution in [0, 0.1) is 13.8 Å². The average molecular weight is 349 g/mol. The number of hydrogen-bond donors (Lipinski definition) is 2. The minimum Gasteiger partial charge on any atom is -0.497 e. The van der Waals surface area contributed by atoms with Crippen LogP contribution in [0.3, 0.4) is 0 Å². The molecule has 0 saturated heterocycles. The van der Waals surface area contributed by atoms with E-state index in [9.17, 15) is 4.79 Å². The van der Waals surface area contributed by atoms with Crippen LogP contribution in [0.4, 0.5) is 11.4 Å². The molecular weight excluding hydrogens is 332 g/mol. The summed E-state index contributed by atoms with van der Waals surface area (Å²) < 4.78 is 5.93. The number of benzene rings is 2. The molecule has 0 unspecified atom stereocenters. The molecule has 0 aliphatic heterocycles. The van der Waals surface area contributed by atoms with E-state index >= 15 is 0 Å². The topological polar surface area (TPSA) is 64.3 Å². The van der Waals surface area contributed by atoms with Crippen molar-refractivity contribution in [2.45, 2.75) is 13.8 Å². The molecule has 0 atom stereocenters. The summed E-state index contributed by atoms with van der Waals surface area (Å²) in [7, 11) is 1.56. The Morgan fingerprint density at radius 2 is 1.95 bits per heavy atom. The second kappa shape index (κ2) is 6.18. The van der Waals surface area contributed by atoms with Gasteiger partial charge in [-0.05, 0) is 59.1 Å². The third-order valence-electron chi connectivity index (χ3n) is 3.17. The van der Waals surface area contributed by atoms with Crippen molar-refractivity contribution in [3.8, 4) is 5.75 Å². The molecule has 0 radical (unpaired) electrons. The molecule has 2 rings (SSSR count). The van der Waals surface area contributed by atoms with Gasteiger partial charge < -0.3 is 15.8 Å². The number of carbonyl (C=O) groups excluding carboxylic acids is 1. The van der Waals surface area contributed by atoms with Crippen molar-refractivity contribution >= 4 is 33.2 Å². The van der Waals surface area contributed by atoms with Crippen LogP contribution in [0.15, 0.2) is 34.8 Å². The first-order valence-electron chi connectivity index (χ1n) is 6.44. The second-order valence-electron chi connectivity index (χ2n) is 4.85. The summed E-state index contributed by atoms with van der Waals surface area (Å²) in [5, 5.41) is 2.89. The summed E-state index contributed by atoms with van der Waals surface area (Å²) >= 11 is 3.47. The van der Waals surface area contributed by atoms with Gasteiger partial charge in [0.2, 0.25) is 0 Å². The van der Waals surface area contributed by atoms with Gasteiger partial charge in [-0.25, -0.2) is 0 Å². The Morgan fingerprint density at radius 1 is 1.24 bits per heavy atom. The number of nitrogens with two attached hydrogens (primary N) is 1. The van der Waals surface area contributed by atoms with E-state index in [2.05, 4.69) is 21.2 Å². The molecule has 0 bridgehead atoms. The van der Waals surface area contributed by atoms with Crippen LogP contribution in [0.2, 0.25) is 0 Å². The van der Waals surface area contributed by atoms with Gasteiger partial charge in [0.05, 0.1) is 18.4 Å². The summed E-state index contributed by atoms with van der Waals surface area (Å²) in [6, 6.07) is 8.97. The van der Waals surface area contributed by atoms with E-state index in [1.165, 1.54) is 0 Å². The first-order chi connectivity index (χ1) is 9.92. The number of rotatable bonds is 3. The molecule has 0 fully saturated rings. The average Bonchev–Trinajstić information content (AvgIpc) is 2.42. The van der Waals surface area contributed by atoms with Gasteiger partial charge in [0, 0.05) is 16.2 Å². The molecule has 1 amide bonds. The zero-order valence-corrected chi connectivity index (χ0v) is 13.7. The summed E-state index contributed by atoms with van der Waals surface area (Å²) in [6.07, 6.45) is 0. The van der Waals surface area contributed by atoms with Crippen LogP contribution >= 0.6 is 15.9 Å². The Morgan fingerprint density at radius 3 is 2.52 bits per heavy atom. The SMILES string of the molecule is COc1ccc(C(=O)Nc2c(C)cc(C)cc2Br)c(N)c1. The normalized spacial score (nSPS) is 10.3. The Bertz CT molecular complexity index is 676. The summed E-state index contributed by atoms with van der Waals surface area (Å²) in [5.74, 6) is 0.375. The zero-order valence-electron chi connectivity index (χ0n) is 12.2. The van der Waals surface area contributed by atoms with E-state index in [4.69, 9.17) is 10.5 Å². The van der Waals surface area contributed by atoms with Gasteiger partial charge >= 0.3 is 0 Å². The van der Waals surface area contributed by atoms with Crippen molar-refractivity contribution in [3.05, 3.63) is 51.5 Å². The monoisotopic (exact) mass is 348 g/mol. The van der Waals surface area contributed by atoms with E-state index in [-0.39, 0.29) is 5.91 Å². The standard InChI is InChI=1S/C16H17BrN2O2/c1-9-6-10(2)15(13(17)7-9)19-16(20)12-5-4-11(21-3)8-14(12)18/h4-8H,18H2,1-3H3,(H,19,20). The molecule has 0 aromatic heterocycles. The lowest BCUT2D eigenvalue weighted by Gasteiger charge is -2.13. The molecule has 2 aromatic rings. The highest BCUT2D eigenvalue weighted by Gasteiger charge is 2.14. The number of anilines is 2. The predicted octanol–water partition coefficient (Wildman–Crippen LogP) is 3.91. The van der Waals surface area contributed by atoms with Crippen molar-refractivity contribution in [1.29, 1.82) is 0 Å². The first kappa shape index (κ1) is 15.4. The van der Waals surface area contributed by atoms with Gasteiger partial charge in [-0.3, -0.25) is 4.79 Å². The fourth-order valence-corrected chi connectivity index (χ4v) is 2.90. The van der Waals surface area contributed by atoms with Crippen LogP contribution < -0.4 is 15.8 Å². The van der Waals surface area contributed by atoms with Crippen LogP contribution in [0.1, 0.15) is 21.5 Å². The number of nitrogens with one attached hydrogen (secondary N) is 1. The molecule has 2 aromatic carbocycles. The summed E-state index contributed by atoms with van der Waals surface area (Å²) in [4.78, 5) is 12.4. The number of carbonyl (C=O) groups is 1. The van der Waals surface area contributed by atoms with Gasteiger partial charge in [-0.2, -0.15) is 0 Å². The zero-order chi connectivity index (χ0) is 15.6. The van der Waals surface area contributed by atoms with E-state index in [0.29, 0.717) is 17.0 Å². The molecule has 5 heteroatoms. The van der Waals surface area contributed by atoms with Crippen LogP contribution in [-0.4, -0.2) is 13.0 Å². The Balaban J connectivity index is 2.30. The highest BCUT2D eigenvalue weighted by atomic mass is 79.9. The number of methoxy groups -OCH3 is 1. The second-order valence-corrected chi connectivity index (χ2v) is 5.70. The number of aryl methyl sites for hydroxylation is 2. The lowest BCUT2D eigenvalue weighted by Crippen LogP contribution is -2.15. The number of halogens is 1. The first-order valence-corrected chi connectivity index (χ1v) is 7.23. The molecule has 0 saturated carbocycles. The van der Waals surface area contributed by atoms with Gasteiger partial charge in [0.15, 0.2) is 0 Å². The van der Waals surface area contributed by atoms with Crippen molar-refractivity contribution in [2.24, 2.45) is 0 Å². The number of ether oxygens (including phenoxy) is 1. The molecule has 21 heavy (non-hydrogen) atoms. The van der Waals surface area contributed by atoms with E-state index < -0.39 is 0 Å². The fourth-order valence-electron chi connectivity index (χ4n) is 2.13. The van der Waals surface area contributed by atoms with E-state index in [1.54, 1.807) is 25.3 Å². The van der Waals surface area contributed by atoms with Crippen LogP contribution in [0.5, 0.6) is 5.75 Å². The molecule has 4 nitrogen and oxygen atoms in total. The molecule has 110 valence electrons. The molecule has 0 aliphatic carbocycles. The van der Waals surface area contributed by atoms with E-state index in [1.807, 2.05) is 26.0 Å². The third kappa shape index (κ3) is 3.36. The quantitative estimate of drug-likeness (QED) is 0.826. The Labute approximate surface area is 132 Å². The molecular formula is C16H17BrN2O2. The van der Waals surface area contributed by atoms with Crippen molar-refractivity contribution < 1.29 is 9.53 Å². The summed E-state index contributed by atoms with van der Waals surface area (Å²) in [6.45, 7) is 3.95. The molecule has 0 heterocycles. The predicted molar refractivity (Wildman–Crippen MR) is 89.0 cm³/mol. The number of hydrogen-bond acceptors (Lipinski definition) is 3. The number of nitrogen functional groups attached to an aromatic ring is 1. The minimum absolute atomic E-state index is 0.247. The largest absolute Gasteiger partial charge is 0.497 e. The van der Waals surface area contributed by atoms with E-state index in [0.717, 1.165) is 21.3 Å². The fraction of sp³-hybridized carbons (Fsp3) is 0.188. The lowest BCUT2D eigenvalue weighted by molar-refractivity contribution is 0.102. The Hall–Kier alpha value is -2.01. The van der Waals surface area contributed by atoms with Gasteiger partial charge in [-0.1, -0.05) is 6.07 Å². The van der Waals surface area contributed by atoms with Gasteiger partial charge in [0.25, 0.3) is 5.91 Å².